The summed E-state index contributed by atoms with van der Waals surface area (Å²) in [6, 6.07) is 3.35. The van der Waals surface area contributed by atoms with Crippen molar-refractivity contribution in [3.05, 3.63) is 39.7 Å². The lowest BCUT2D eigenvalue weighted by Crippen LogP contribution is -2.37. The van der Waals surface area contributed by atoms with Crippen molar-refractivity contribution in [2.24, 2.45) is 0 Å². The van der Waals surface area contributed by atoms with Crippen LogP contribution in [-0.2, 0) is 4.43 Å². The first kappa shape index (κ1) is 21.7. The van der Waals surface area contributed by atoms with E-state index in [2.05, 4.69) is 45.7 Å². The van der Waals surface area contributed by atoms with Gasteiger partial charge in [0.05, 0.1) is 16.1 Å². The van der Waals surface area contributed by atoms with Gasteiger partial charge < -0.3 is 4.43 Å². The standard InChI is InChI=1S/C19H31Cl2NOSi/c1-6-24(7-2,8-3)23-18(12-10-9-11-15(4)5)19-16(20)13-22-14-17(19)21/h11,13-14,18H,6-10,12H2,1-5H3. The topological polar surface area (TPSA) is 22.1 Å². The van der Waals surface area contributed by atoms with Gasteiger partial charge in [0.25, 0.3) is 0 Å². The van der Waals surface area contributed by atoms with Gasteiger partial charge in [-0.25, -0.2) is 0 Å². The normalized spacial score (nSPS) is 13.0. The molecule has 0 saturated heterocycles. The highest BCUT2D eigenvalue weighted by Gasteiger charge is 2.33. The van der Waals surface area contributed by atoms with E-state index in [9.17, 15) is 0 Å². The monoisotopic (exact) mass is 387 g/mol. The SMILES string of the molecule is CC[Si](CC)(CC)OC(CCCC=C(C)C)c1c(Cl)cncc1Cl. The zero-order valence-electron chi connectivity index (χ0n) is 15.7. The number of pyridine rings is 1. The molecule has 24 heavy (non-hydrogen) atoms. The zero-order chi connectivity index (χ0) is 18.2. The van der Waals surface area contributed by atoms with E-state index in [4.69, 9.17) is 27.6 Å². The molecule has 1 heterocycles. The molecule has 5 heteroatoms. The molecule has 0 fully saturated rings. The fourth-order valence-corrected chi connectivity index (χ4v) is 6.43. The second-order valence-electron chi connectivity index (χ2n) is 6.58. The van der Waals surface area contributed by atoms with E-state index >= 15 is 0 Å². The van der Waals surface area contributed by atoms with Crippen molar-refractivity contribution in [3.8, 4) is 0 Å². The maximum atomic E-state index is 6.76. The molecule has 0 aliphatic rings. The number of rotatable bonds is 10. The van der Waals surface area contributed by atoms with Crippen LogP contribution in [0.1, 0.15) is 65.5 Å². The summed E-state index contributed by atoms with van der Waals surface area (Å²) >= 11 is 12.8. The molecule has 0 N–H and O–H groups in total. The quantitative estimate of drug-likeness (QED) is 0.234. The van der Waals surface area contributed by atoms with E-state index in [1.54, 1.807) is 12.4 Å². The first-order chi connectivity index (χ1) is 11.4. The average molecular weight is 388 g/mol. The van der Waals surface area contributed by atoms with Gasteiger partial charge in [-0.3, -0.25) is 4.98 Å². The van der Waals surface area contributed by atoms with Crippen molar-refractivity contribution in [1.29, 1.82) is 0 Å². The van der Waals surface area contributed by atoms with Gasteiger partial charge in [0.2, 0.25) is 0 Å². The number of halogens is 2. The van der Waals surface area contributed by atoms with Crippen molar-refractivity contribution < 1.29 is 4.43 Å². The molecule has 0 aromatic carbocycles. The maximum Gasteiger partial charge on any atom is 0.192 e. The minimum absolute atomic E-state index is 0.0370. The number of aromatic nitrogens is 1. The fraction of sp³-hybridized carbons (Fsp3) is 0.632. The number of nitrogens with zero attached hydrogens (tertiary/aromatic N) is 1. The van der Waals surface area contributed by atoms with E-state index in [1.165, 1.54) is 5.57 Å². The Kier molecular flexibility index (Phi) is 9.58. The van der Waals surface area contributed by atoms with Gasteiger partial charge in [0.1, 0.15) is 0 Å². The summed E-state index contributed by atoms with van der Waals surface area (Å²) in [6.07, 6.45) is 8.63. The molecular weight excluding hydrogens is 357 g/mol. The van der Waals surface area contributed by atoms with E-state index < -0.39 is 8.32 Å². The van der Waals surface area contributed by atoms with E-state index in [-0.39, 0.29) is 6.10 Å². The highest BCUT2D eigenvalue weighted by molar-refractivity contribution is 6.73. The third-order valence-corrected chi connectivity index (χ3v) is 10.0. The van der Waals surface area contributed by atoms with Crippen LogP contribution in [0.2, 0.25) is 28.2 Å². The largest absolute Gasteiger partial charge is 0.410 e. The predicted octanol–water partition coefficient (Wildman–Crippen LogP) is 7.59. The van der Waals surface area contributed by atoms with Crippen molar-refractivity contribution >= 4 is 31.5 Å². The smallest absolute Gasteiger partial charge is 0.192 e. The Morgan fingerprint density at radius 2 is 1.67 bits per heavy atom. The number of unbranched alkanes of at least 4 members (excludes halogenated alkanes) is 1. The molecule has 0 bridgehead atoms. The van der Waals surface area contributed by atoms with Crippen LogP contribution in [0.5, 0.6) is 0 Å². The molecule has 136 valence electrons. The van der Waals surface area contributed by atoms with Crippen molar-refractivity contribution in [2.75, 3.05) is 0 Å². The van der Waals surface area contributed by atoms with Crippen LogP contribution in [-0.4, -0.2) is 13.3 Å². The predicted molar refractivity (Wildman–Crippen MR) is 109 cm³/mol. The zero-order valence-corrected chi connectivity index (χ0v) is 18.2. The summed E-state index contributed by atoms with van der Waals surface area (Å²) in [7, 11) is -1.74. The van der Waals surface area contributed by atoms with Gasteiger partial charge in [-0.1, -0.05) is 55.6 Å². The Balaban J connectivity index is 3.05. The Morgan fingerprint density at radius 1 is 1.12 bits per heavy atom. The fourth-order valence-electron chi connectivity index (χ4n) is 2.99. The molecular formula is C19H31Cl2NOSi. The molecule has 0 radical (unpaired) electrons. The molecule has 1 aromatic rings. The third kappa shape index (κ3) is 6.18. The van der Waals surface area contributed by atoms with E-state index in [0.29, 0.717) is 10.0 Å². The van der Waals surface area contributed by atoms with Gasteiger partial charge in [0.15, 0.2) is 8.32 Å². The van der Waals surface area contributed by atoms with Crippen LogP contribution in [0, 0.1) is 0 Å². The summed E-state index contributed by atoms with van der Waals surface area (Å²) in [5, 5.41) is 1.22. The molecule has 1 atom stereocenters. The Labute approximate surface area is 158 Å². The molecule has 0 spiro atoms. The minimum Gasteiger partial charge on any atom is -0.410 e. The lowest BCUT2D eigenvalue weighted by molar-refractivity contribution is 0.177. The molecule has 2 nitrogen and oxygen atoms in total. The molecule has 1 rings (SSSR count). The summed E-state index contributed by atoms with van der Waals surface area (Å²) < 4.78 is 6.76. The third-order valence-electron chi connectivity index (χ3n) is 4.76. The molecule has 0 saturated carbocycles. The Hall–Kier alpha value is -0.353. The van der Waals surface area contributed by atoms with Crippen LogP contribution >= 0.6 is 23.2 Å². The summed E-state index contributed by atoms with van der Waals surface area (Å²) in [5.41, 5.74) is 2.27. The van der Waals surface area contributed by atoms with Crippen LogP contribution in [0.25, 0.3) is 0 Å². The lowest BCUT2D eigenvalue weighted by atomic mass is 10.0. The Bertz CT molecular complexity index is 512. The van der Waals surface area contributed by atoms with Gasteiger partial charge >= 0.3 is 0 Å². The van der Waals surface area contributed by atoms with Crippen molar-refractivity contribution in [3.63, 3.8) is 0 Å². The summed E-state index contributed by atoms with van der Waals surface area (Å²) in [5.74, 6) is 0. The van der Waals surface area contributed by atoms with Gasteiger partial charge in [-0.05, 0) is 51.2 Å². The number of hydrogen-bond acceptors (Lipinski definition) is 2. The Morgan fingerprint density at radius 3 is 2.12 bits per heavy atom. The van der Waals surface area contributed by atoms with Crippen LogP contribution in [0.15, 0.2) is 24.0 Å². The van der Waals surface area contributed by atoms with Gasteiger partial charge in [-0.2, -0.15) is 0 Å². The van der Waals surface area contributed by atoms with Crippen LogP contribution in [0.4, 0.5) is 0 Å². The average Bonchev–Trinajstić information content (AvgIpc) is 2.55. The summed E-state index contributed by atoms with van der Waals surface area (Å²) in [6.45, 7) is 11.0. The maximum absolute atomic E-state index is 6.76. The highest BCUT2D eigenvalue weighted by Crippen LogP contribution is 2.38. The van der Waals surface area contributed by atoms with Crippen molar-refractivity contribution in [1.82, 2.24) is 4.98 Å². The second-order valence-corrected chi connectivity index (χ2v) is 12.1. The lowest BCUT2D eigenvalue weighted by Gasteiger charge is -2.34. The number of allylic oxidation sites excluding steroid dienone is 2. The molecule has 1 unspecified atom stereocenters. The van der Waals surface area contributed by atoms with E-state index in [0.717, 1.165) is 43.0 Å². The number of hydrogen-bond donors (Lipinski definition) is 0. The second kappa shape index (κ2) is 10.6. The molecule has 1 aromatic heterocycles. The van der Waals surface area contributed by atoms with Crippen molar-refractivity contribution in [2.45, 2.75) is 78.1 Å². The van der Waals surface area contributed by atoms with Gasteiger partial charge in [-0.15, -0.1) is 0 Å². The molecule has 0 amide bonds. The first-order valence-electron chi connectivity index (χ1n) is 8.99. The van der Waals surface area contributed by atoms with Gasteiger partial charge in [0, 0.05) is 18.0 Å². The minimum atomic E-state index is -1.74. The summed E-state index contributed by atoms with van der Waals surface area (Å²) in [4.78, 5) is 4.09. The van der Waals surface area contributed by atoms with E-state index in [1.807, 2.05) is 0 Å². The first-order valence-corrected chi connectivity index (χ1v) is 12.3. The van der Waals surface area contributed by atoms with Crippen LogP contribution < -0.4 is 0 Å². The van der Waals surface area contributed by atoms with Crippen LogP contribution in [0.3, 0.4) is 0 Å². The highest BCUT2D eigenvalue weighted by atomic mass is 35.5. The molecule has 0 aliphatic heterocycles. The molecule has 0 aliphatic carbocycles.